The van der Waals surface area contributed by atoms with Crippen LogP contribution in [-0.4, -0.2) is 88.8 Å². The van der Waals surface area contributed by atoms with Gasteiger partial charge in [-0.2, -0.15) is 0 Å². The summed E-state index contributed by atoms with van der Waals surface area (Å²) >= 11 is 0. The summed E-state index contributed by atoms with van der Waals surface area (Å²) in [4.78, 5) is 56.7. The maximum atomic E-state index is 14.3. The number of hydrogen-bond acceptors (Lipinski definition) is 8. The van der Waals surface area contributed by atoms with Crippen LogP contribution in [0.25, 0.3) is 0 Å². The van der Waals surface area contributed by atoms with E-state index in [0.29, 0.717) is 11.1 Å². The molecule has 12 nitrogen and oxygen atoms in total. The van der Waals surface area contributed by atoms with Crippen molar-refractivity contribution in [2.75, 3.05) is 6.54 Å². The highest BCUT2D eigenvalue weighted by atomic mass is 19.1. The molecule has 0 bridgehead atoms. The molecule has 14 heteroatoms. The largest absolute Gasteiger partial charge is 0.478 e. The van der Waals surface area contributed by atoms with E-state index in [2.05, 4.69) is 10.6 Å². The zero-order chi connectivity index (χ0) is 32.6. The van der Waals surface area contributed by atoms with Crippen LogP contribution < -0.4 is 10.6 Å². The van der Waals surface area contributed by atoms with Crippen LogP contribution in [-0.2, 0) is 36.8 Å². The number of benzene rings is 1. The zero-order valence-corrected chi connectivity index (χ0v) is 26.6. The van der Waals surface area contributed by atoms with Gasteiger partial charge in [-0.3, -0.25) is 14.5 Å². The van der Waals surface area contributed by atoms with Gasteiger partial charge in [0.2, 0.25) is 11.8 Å². The molecule has 1 aromatic carbocycles. The first-order valence-corrected chi connectivity index (χ1v) is 15.9. The first-order chi connectivity index (χ1) is 21.2. The van der Waals surface area contributed by atoms with Gasteiger partial charge in [0.15, 0.2) is 0 Å². The number of carbonyl (C=O) groups is 4. The van der Waals surface area contributed by atoms with Gasteiger partial charge in [0.25, 0.3) is 0 Å². The number of fused-ring (bicyclic) bond motifs is 1. The molecule has 3 N–H and O–H groups in total. The van der Waals surface area contributed by atoms with Crippen molar-refractivity contribution < 1.29 is 42.7 Å². The molecule has 246 valence electrons. The van der Waals surface area contributed by atoms with E-state index in [-0.39, 0.29) is 44.2 Å². The van der Waals surface area contributed by atoms with Crippen molar-refractivity contribution in [1.29, 1.82) is 0 Å². The summed E-state index contributed by atoms with van der Waals surface area (Å²) in [6.07, 6.45) is 0.746. The summed E-state index contributed by atoms with van der Waals surface area (Å²) in [5.74, 6) is -2.36. The Labute approximate surface area is 263 Å². The van der Waals surface area contributed by atoms with Crippen molar-refractivity contribution in [1.82, 2.24) is 20.4 Å². The van der Waals surface area contributed by atoms with Crippen LogP contribution in [0.1, 0.15) is 77.8 Å². The summed E-state index contributed by atoms with van der Waals surface area (Å²) < 4.78 is 31.1. The number of hydrogen-bond donors (Lipinski definition) is 3. The Morgan fingerprint density at radius 1 is 1.09 bits per heavy atom. The van der Waals surface area contributed by atoms with E-state index in [4.69, 9.17) is 14.1 Å². The van der Waals surface area contributed by atoms with Crippen LogP contribution in [0.3, 0.4) is 0 Å². The molecular weight excluding hydrogens is 586 g/mol. The molecule has 45 heavy (non-hydrogen) atoms. The van der Waals surface area contributed by atoms with Crippen molar-refractivity contribution in [3.05, 3.63) is 35.1 Å². The summed E-state index contributed by atoms with van der Waals surface area (Å²) in [7, 11) is -1.22. The Balaban J connectivity index is 1.32. The molecule has 3 fully saturated rings. The van der Waals surface area contributed by atoms with Crippen LogP contribution in [0.2, 0.25) is 0 Å². The second-order valence-corrected chi connectivity index (χ2v) is 13.9. The summed E-state index contributed by atoms with van der Waals surface area (Å²) in [6.45, 7) is 9.18. The lowest BCUT2D eigenvalue weighted by atomic mass is 9.75. The van der Waals surface area contributed by atoms with Crippen LogP contribution in [0.4, 0.5) is 14.0 Å². The molecule has 1 saturated carbocycles. The molecule has 3 heterocycles. The van der Waals surface area contributed by atoms with Gasteiger partial charge in [-0.15, -0.1) is 0 Å². The SMILES string of the molecule is C[C@H]1[C@H](C)OB(O)[C@H]1NC(=O)[C@@H]1C[C@@H](OC(=O)N2Cc3cccc(F)c3C2)CN1C(=O)[C@@H](NC(=O)OC1CCCC1)C(C)(C)C. The monoisotopic (exact) mass is 630 g/mol. The fourth-order valence-corrected chi connectivity index (χ4v) is 6.67. The molecule has 5 rings (SSSR count). The van der Waals surface area contributed by atoms with E-state index in [1.165, 1.54) is 15.9 Å². The second kappa shape index (κ2) is 13.2. The summed E-state index contributed by atoms with van der Waals surface area (Å²) in [5.41, 5.74) is 0.364. The average Bonchev–Trinajstić information content (AvgIpc) is 3.76. The molecule has 3 aliphatic heterocycles. The van der Waals surface area contributed by atoms with Crippen molar-refractivity contribution in [2.24, 2.45) is 11.3 Å². The minimum Gasteiger partial charge on any atom is -0.446 e. The molecule has 1 aromatic rings. The van der Waals surface area contributed by atoms with Crippen LogP contribution in [0.5, 0.6) is 0 Å². The fourth-order valence-electron chi connectivity index (χ4n) is 6.67. The maximum absolute atomic E-state index is 14.3. The van der Waals surface area contributed by atoms with E-state index in [0.717, 1.165) is 25.7 Å². The smallest absolute Gasteiger partial charge is 0.446 e. The molecule has 1 aliphatic carbocycles. The van der Waals surface area contributed by atoms with Crippen molar-refractivity contribution >= 4 is 31.1 Å². The van der Waals surface area contributed by atoms with Crippen molar-refractivity contribution in [2.45, 2.75) is 116 Å². The van der Waals surface area contributed by atoms with E-state index in [9.17, 15) is 28.6 Å². The fraction of sp³-hybridized carbons (Fsp3) is 0.677. The highest BCUT2D eigenvalue weighted by Gasteiger charge is 2.50. The summed E-state index contributed by atoms with van der Waals surface area (Å²) in [5, 5.41) is 16.0. The van der Waals surface area contributed by atoms with Gasteiger partial charge in [-0.25, -0.2) is 14.0 Å². The Bertz CT molecular complexity index is 1300. The maximum Gasteiger partial charge on any atom is 0.478 e. The lowest BCUT2D eigenvalue weighted by molar-refractivity contribution is -0.142. The Morgan fingerprint density at radius 2 is 1.80 bits per heavy atom. The third-order valence-corrected chi connectivity index (χ3v) is 9.53. The van der Waals surface area contributed by atoms with Gasteiger partial charge >= 0.3 is 19.3 Å². The topological polar surface area (TPSA) is 147 Å². The zero-order valence-electron chi connectivity index (χ0n) is 26.6. The van der Waals surface area contributed by atoms with Gasteiger partial charge < -0.3 is 34.7 Å². The van der Waals surface area contributed by atoms with E-state index in [1.54, 1.807) is 39.8 Å². The minimum absolute atomic E-state index is 0.00451. The van der Waals surface area contributed by atoms with E-state index >= 15 is 0 Å². The average molecular weight is 631 g/mol. The van der Waals surface area contributed by atoms with Crippen LogP contribution in [0, 0.1) is 17.2 Å². The van der Waals surface area contributed by atoms with E-state index in [1.807, 2.05) is 6.92 Å². The molecule has 4 aliphatic rings. The number of halogens is 1. The molecule has 0 radical (unpaired) electrons. The molecule has 0 aromatic heterocycles. The number of likely N-dealkylation sites (tertiary alicyclic amines) is 1. The number of amides is 4. The number of nitrogens with one attached hydrogen (secondary N) is 2. The van der Waals surface area contributed by atoms with Gasteiger partial charge in [-0.1, -0.05) is 39.8 Å². The number of alkyl carbamates (subject to hydrolysis) is 1. The Kier molecular flexibility index (Phi) is 9.64. The van der Waals surface area contributed by atoms with Crippen LogP contribution in [0.15, 0.2) is 18.2 Å². The first-order valence-electron chi connectivity index (χ1n) is 15.9. The quantitative estimate of drug-likeness (QED) is 0.407. The third-order valence-electron chi connectivity index (χ3n) is 9.53. The molecule has 0 spiro atoms. The predicted octanol–water partition coefficient (Wildman–Crippen LogP) is 2.89. The van der Waals surface area contributed by atoms with Gasteiger partial charge in [0, 0.05) is 24.6 Å². The Hall–Kier alpha value is -3.39. The number of rotatable bonds is 6. The van der Waals surface area contributed by atoms with Crippen LogP contribution >= 0.6 is 0 Å². The number of ether oxygens (including phenoxy) is 2. The lowest BCUT2D eigenvalue weighted by Gasteiger charge is -2.35. The van der Waals surface area contributed by atoms with Gasteiger partial charge in [-0.05, 0) is 55.6 Å². The van der Waals surface area contributed by atoms with Gasteiger partial charge in [0.1, 0.15) is 30.1 Å². The number of carbonyl (C=O) groups excluding carboxylic acids is 4. The predicted molar refractivity (Wildman–Crippen MR) is 161 cm³/mol. The Morgan fingerprint density at radius 3 is 2.42 bits per heavy atom. The first kappa shape index (κ1) is 33.0. The second-order valence-electron chi connectivity index (χ2n) is 13.9. The summed E-state index contributed by atoms with van der Waals surface area (Å²) in [6, 6.07) is 2.57. The van der Waals surface area contributed by atoms with E-state index < -0.39 is 66.5 Å². The molecule has 2 saturated heterocycles. The molecule has 6 atom stereocenters. The lowest BCUT2D eigenvalue weighted by Crippen LogP contribution is -2.59. The highest BCUT2D eigenvalue weighted by molar-refractivity contribution is 6.46. The molecular formula is C31H44BFN4O8. The molecule has 4 amide bonds. The minimum atomic E-state index is -1.22. The normalized spacial score (nSPS) is 27.4. The van der Waals surface area contributed by atoms with Gasteiger partial charge in [0.05, 0.1) is 19.0 Å². The van der Waals surface area contributed by atoms with Crippen molar-refractivity contribution in [3.63, 3.8) is 0 Å². The molecule has 0 unspecified atom stereocenters. The van der Waals surface area contributed by atoms with Crippen molar-refractivity contribution in [3.8, 4) is 0 Å². The third kappa shape index (κ3) is 7.22. The standard InChI is InChI=1S/C31H44BFN4O8/c1-17-18(2)45-32(42)26(17)35-27(38)24-13-21(44-30(41)36-14-19-9-8-12-23(33)22(19)16-36)15-37(24)28(39)25(31(3,4)5)34-29(40)43-20-10-6-7-11-20/h8-9,12,17-18,20-21,24-26,42H,6-7,10-11,13-16H2,1-5H3,(H,34,40)(H,35,38)/t17-,18-,21+,24-,25+,26-/m0/s1. The highest BCUT2D eigenvalue weighted by Crippen LogP contribution is 2.31. The number of nitrogens with zero attached hydrogens (tertiary/aromatic N) is 2.